The van der Waals surface area contributed by atoms with E-state index in [-0.39, 0.29) is 0 Å². The van der Waals surface area contributed by atoms with E-state index in [0.29, 0.717) is 17.5 Å². The van der Waals surface area contributed by atoms with Crippen LogP contribution in [0.2, 0.25) is 5.15 Å². The van der Waals surface area contributed by atoms with Gasteiger partial charge in [-0.05, 0) is 24.6 Å². The second-order valence-corrected chi connectivity index (χ2v) is 4.34. The molecule has 2 aromatic rings. The zero-order valence-corrected chi connectivity index (χ0v) is 11.1. The third-order valence-electron chi connectivity index (χ3n) is 2.46. The first-order valence-electron chi connectivity index (χ1n) is 5.57. The second-order valence-electron chi connectivity index (χ2n) is 3.96. The third-order valence-corrected chi connectivity index (χ3v) is 2.66. The Balaban J connectivity index is 2.22. The Hall–Kier alpha value is -1.58. The molecular formula is C14H14ClNO2. The van der Waals surface area contributed by atoms with Crippen LogP contribution in [0.25, 0.3) is 0 Å². The minimum atomic E-state index is 0.420. The summed E-state index contributed by atoms with van der Waals surface area (Å²) in [7, 11) is 1.67. The molecule has 0 unspecified atom stereocenters. The average molecular weight is 264 g/mol. The highest BCUT2D eigenvalue weighted by atomic mass is 35.5. The normalized spacial score (nSPS) is 10.4. The van der Waals surface area contributed by atoms with Gasteiger partial charge in [-0.15, -0.1) is 0 Å². The van der Waals surface area contributed by atoms with Crippen LogP contribution in [0.4, 0.5) is 0 Å². The number of benzene rings is 1. The predicted octanol–water partition coefficient (Wildman–Crippen LogP) is 3.98. The minimum Gasteiger partial charge on any atom is -0.457 e. The van der Waals surface area contributed by atoms with Gasteiger partial charge in [-0.2, -0.15) is 0 Å². The molecule has 1 heterocycles. The van der Waals surface area contributed by atoms with Crippen molar-refractivity contribution in [1.82, 2.24) is 4.98 Å². The molecule has 4 heteroatoms. The predicted molar refractivity (Wildman–Crippen MR) is 71.2 cm³/mol. The van der Waals surface area contributed by atoms with Gasteiger partial charge in [0.15, 0.2) is 0 Å². The fourth-order valence-electron chi connectivity index (χ4n) is 1.58. The molecule has 1 aromatic carbocycles. The van der Waals surface area contributed by atoms with Gasteiger partial charge in [0.2, 0.25) is 0 Å². The highest BCUT2D eigenvalue weighted by molar-refractivity contribution is 6.29. The first kappa shape index (κ1) is 12.9. The van der Waals surface area contributed by atoms with Crippen LogP contribution in [0.1, 0.15) is 11.1 Å². The number of pyridine rings is 1. The molecule has 0 radical (unpaired) electrons. The maximum atomic E-state index is 5.85. The molecule has 18 heavy (non-hydrogen) atoms. The standard InChI is InChI=1S/C14H14ClNO2/c1-10-8-16-14(15)7-13(10)18-12-5-3-4-11(6-12)9-17-2/h3-8H,9H2,1-2H3. The lowest BCUT2D eigenvalue weighted by Gasteiger charge is -2.09. The van der Waals surface area contributed by atoms with Crippen molar-refractivity contribution in [2.24, 2.45) is 0 Å². The third kappa shape index (κ3) is 3.22. The minimum absolute atomic E-state index is 0.420. The number of ether oxygens (including phenoxy) is 2. The van der Waals surface area contributed by atoms with E-state index < -0.39 is 0 Å². The van der Waals surface area contributed by atoms with E-state index >= 15 is 0 Å². The molecule has 0 amide bonds. The largest absolute Gasteiger partial charge is 0.457 e. The molecule has 3 nitrogen and oxygen atoms in total. The maximum absolute atomic E-state index is 5.85. The van der Waals surface area contributed by atoms with Crippen LogP contribution >= 0.6 is 11.6 Å². The van der Waals surface area contributed by atoms with Gasteiger partial charge in [-0.1, -0.05) is 23.7 Å². The molecule has 0 aliphatic carbocycles. The molecule has 0 fully saturated rings. The number of rotatable bonds is 4. The topological polar surface area (TPSA) is 31.4 Å². The molecule has 0 bridgehead atoms. The number of aromatic nitrogens is 1. The van der Waals surface area contributed by atoms with Crippen molar-refractivity contribution in [3.05, 3.63) is 52.8 Å². The van der Waals surface area contributed by atoms with Gasteiger partial charge in [-0.25, -0.2) is 4.98 Å². The molecule has 0 spiro atoms. The second kappa shape index (κ2) is 5.85. The first-order valence-corrected chi connectivity index (χ1v) is 5.94. The summed E-state index contributed by atoms with van der Waals surface area (Å²) < 4.78 is 10.9. The Kier molecular flexibility index (Phi) is 4.18. The summed E-state index contributed by atoms with van der Waals surface area (Å²) in [5, 5.41) is 0.420. The smallest absolute Gasteiger partial charge is 0.134 e. The Morgan fingerprint density at radius 2 is 2.11 bits per heavy atom. The summed E-state index contributed by atoms with van der Waals surface area (Å²) in [6, 6.07) is 9.47. The number of halogens is 1. The Morgan fingerprint density at radius 1 is 1.28 bits per heavy atom. The fraction of sp³-hybridized carbons (Fsp3) is 0.214. The van der Waals surface area contributed by atoms with Crippen molar-refractivity contribution in [3.63, 3.8) is 0 Å². The van der Waals surface area contributed by atoms with Crippen LogP contribution in [-0.4, -0.2) is 12.1 Å². The molecule has 2 rings (SSSR count). The summed E-state index contributed by atoms with van der Waals surface area (Å²) in [6.45, 7) is 2.49. The van der Waals surface area contributed by atoms with Gasteiger partial charge in [0, 0.05) is 24.9 Å². The SMILES string of the molecule is COCc1cccc(Oc2cc(Cl)ncc2C)c1. The van der Waals surface area contributed by atoms with Crippen molar-refractivity contribution >= 4 is 11.6 Å². The number of nitrogens with zero attached hydrogens (tertiary/aromatic N) is 1. The number of aryl methyl sites for hydroxylation is 1. The van der Waals surface area contributed by atoms with Crippen LogP contribution in [0, 0.1) is 6.92 Å². The van der Waals surface area contributed by atoms with Gasteiger partial charge in [0.1, 0.15) is 16.7 Å². The first-order chi connectivity index (χ1) is 8.69. The molecule has 0 saturated carbocycles. The summed E-state index contributed by atoms with van der Waals surface area (Å²) in [5.74, 6) is 1.47. The van der Waals surface area contributed by atoms with Crippen molar-refractivity contribution in [1.29, 1.82) is 0 Å². The summed E-state index contributed by atoms with van der Waals surface area (Å²) in [6.07, 6.45) is 1.69. The van der Waals surface area contributed by atoms with Crippen LogP contribution in [0.15, 0.2) is 36.5 Å². The Labute approximate surface area is 111 Å². The van der Waals surface area contributed by atoms with Crippen LogP contribution in [-0.2, 0) is 11.3 Å². The summed E-state index contributed by atoms with van der Waals surface area (Å²) in [5.41, 5.74) is 2.00. The molecule has 0 N–H and O–H groups in total. The lowest BCUT2D eigenvalue weighted by Crippen LogP contribution is -1.91. The van der Waals surface area contributed by atoms with E-state index in [4.69, 9.17) is 21.1 Å². The fourth-order valence-corrected chi connectivity index (χ4v) is 1.73. The van der Waals surface area contributed by atoms with Crippen LogP contribution in [0.5, 0.6) is 11.5 Å². The molecule has 0 aliphatic heterocycles. The Bertz CT molecular complexity index is 543. The van der Waals surface area contributed by atoms with Crippen molar-refractivity contribution < 1.29 is 9.47 Å². The lowest BCUT2D eigenvalue weighted by atomic mass is 10.2. The zero-order chi connectivity index (χ0) is 13.0. The van der Waals surface area contributed by atoms with E-state index in [1.54, 1.807) is 19.4 Å². The molecule has 0 saturated heterocycles. The van der Waals surface area contributed by atoms with Crippen molar-refractivity contribution in [2.45, 2.75) is 13.5 Å². The quantitative estimate of drug-likeness (QED) is 0.782. The highest BCUT2D eigenvalue weighted by Crippen LogP contribution is 2.27. The molecule has 1 aromatic heterocycles. The van der Waals surface area contributed by atoms with Gasteiger partial charge < -0.3 is 9.47 Å². The lowest BCUT2D eigenvalue weighted by molar-refractivity contribution is 0.184. The van der Waals surface area contributed by atoms with Crippen molar-refractivity contribution in [3.8, 4) is 11.5 Å². The van der Waals surface area contributed by atoms with Crippen LogP contribution in [0.3, 0.4) is 0 Å². The van der Waals surface area contributed by atoms with E-state index in [1.165, 1.54) is 0 Å². The Morgan fingerprint density at radius 3 is 2.89 bits per heavy atom. The van der Waals surface area contributed by atoms with Crippen LogP contribution < -0.4 is 4.74 Å². The van der Waals surface area contributed by atoms with Gasteiger partial charge in [0.25, 0.3) is 0 Å². The van der Waals surface area contributed by atoms with E-state index in [0.717, 1.165) is 16.9 Å². The summed E-state index contributed by atoms with van der Waals surface area (Å²) in [4.78, 5) is 3.99. The van der Waals surface area contributed by atoms with Gasteiger partial charge in [0.05, 0.1) is 6.61 Å². The highest BCUT2D eigenvalue weighted by Gasteiger charge is 2.04. The monoisotopic (exact) mass is 263 g/mol. The average Bonchev–Trinajstić information content (AvgIpc) is 2.35. The van der Waals surface area contributed by atoms with E-state index in [2.05, 4.69) is 4.98 Å². The number of hydrogen-bond donors (Lipinski definition) is 0. The zero-order valence-electron chi connectivity index (χ0n) is 10.3. The van der Waals surface area contributed by atoms with Gasteiger partial charge in [-0.3, -0.25) is 0 Å². The summed E-state index contributed by atoms with van der Waals surface area (Å²) >= 11 is 5.85. The maximum Gasteiger partial charge on any atom is 0.134 e. The number of methoxy groups -OCH3 is 1. The number of hydrogen-bond acceptors (Lipinski definition) is 3. The van der Waals surface area contributed by atoms with Gasteiger partial charge >= 0.3 is 0 Å². The van der Waals surface area contributed by atoms with Crippen molar-refractivity contribution in [2.75, 3.05) is 7.11 Å². The van der Waals surface area contributed by atoms with E-state index in [1.807, 2.05) is 31.2 Å². The molecule has 94 valence electrons. The van der Waals surface area contributed by atoms with E-state index in [9.17, 15) is 0 Å². The molecule has 0 atom stereocenters. The molecular weight excluding hydrogens is 250 g/mol. The molecule has 0 aliphatic rings.